The third kappa shape index (κ3) is 3.25. The van der Waals surface area contributed by atoms with Gasteiger partial charge in [-0.2, -0.15) is 16.9 Å². The minimum Gasteiger partial charge on any atom is -0.268 e. The summed E-state index contributed by atoms with van der Waals surface area (Å²) in [5.74, 6) is 2.29. The lowest BCUT2D eigenvalue weighted by Crippen LogP contribution is -2.02. The monoisotopic (exact) mass is 290 g/mol. The van der Waals surface area contributed by atoms with Gasteiger partial charge in [0.05, 0.1) is 15.9 Å². The van der Waals surface area contributed by atoms with Crippen LogP contribution in [-0.4, -0.2) is 15.5 Å². The first-order valence-electron chi connectivity index (χ1n) is 5.56. The predicted octanol–water partition coefficient (Wildman–Crippen LogP) is 3.87. The van der Waals surface area contributed by atoms with Crippen molar-refractivity contribution in [2.24, 2.45) is 0 Å². The van der Waals surface area contributed by atoms with Crippen LogP contribution in [0.15, 0.2) is 4.47 Å². The molecular formula is C11H19BrN2S. The van der Waals surface area contributed by atoms with E-state index in [1.807, 2.05) is 11.8 Å². The molecule has 1 heterocycles. The van der Waals surface area contributed by atoms with Crippen molar-refractivity contribution in [3.8, 4) is 0 Å². The molecule has 15 heavy (non-hydrogen) atoms. The number of hydrogen-bond donors (Lipinski definition) is 0. The van der Waals surface area contributed by atoms with Gasteiger partial charge in [0.2, 0.25) is 0 Å². The second-order valence-corrected chi connectivity index (χ2v) is 5.33. The van der Waals surface area contributed by atoms with Crippen LogP contribution in [-0.2, 0) is 18.7 Å². The highest BCUT2D eigenvalue weighted by atomic mass is 79.9. The summed E-state index contributed by atoms with van der Waals surface area (Å²) in [5, 5.41) is 4.58. The molecule has 1 aromatic rings. The lowest BCUT2D eigenvalue weighted by Gasteiger charge is -2.04. The van der Waals surface area contributed by atoms with E-state index in [4.69, 9.17) is 0 Å². The Labute approximate surface area is 105 Å². The van der Waals surface area contributed by atoms with Crippen molar-refractivity contribution in [2.45, 2.75) is 45.9 Å². The quantitative estimate of drug-likeness (QED) is 0.740. The van der Waals surface area contributed by atoms with Crippen LogP contribution in [0.2, 0.25) is 0 Å². The molecule has 0 aliphatic rings. The van der Waals surface area contributed by atoms with Crippen LogP contribution in [0, 0.1) is 0 Å². The van der Waals surface area contributed by atoms with Crippen LogP contribution >= 0.6 is 27.7 Å². The first kappa shape index (κ1) is 13.1. The summed E-state index contributed by atoms with van der Waals surface area (Å²) >= 11 is 5.64. The fraction of sp³-hybridized carbons (Fsp3) is 0.727. The Morgan fingerprint density at radius 2 is 2.07 bits per heavy atom. The maximum Gasteiger partial charge on any atom is 0.0767 e. The van der Waals surface area contributed by atoms with Gasteiger partial charge in [-0.1, -0.05) is 13.8 Å². The number of aryl methyl sites for hydroxylation is 2. The minimum absolute atomic E-state index is 0.959. The van der Waals surface area contributed by atoms with E-state index >= 15 is 0 Å². The number of aromatic nitrogens is 2. The van der Waals surface area contributed by atoms with Gasteiger partial charge in [0.1, 0.15) is 0 Å². The molecule has 0 saturated carbocycles. The highest BCUT2D eigenvalue weighted by Gasteiger charge is 2.12. The zero-order valence-corrected chi connectivity index (χ0v) is 12.1. The molecule has 0 saturated heterocycles. The molecule has 0 aromatic carbocycles. The summed E-state index contributed by atoms with van der Waals surface area (Å²) in [7, 11) is 0. The molecule has 0 radical (unpaired) electrons. The average molecular weight is 291 g/mol. The van der Waals surface area contributed by atoms with Gasteiger partial charge in [-0.3, -0.25) is 4.68 Å². The second kappa shape index (κ2) is 6.59. The molecule has 1 rings (SSSR count). The molecule has 1 aromatic heterocycles. The number of halogens is 1. The van der Waals surface area contributed by atoms with Crippen LogP contribution in [0.25, 0.3) is 0 Å². The Morgan fingerprint density at radius 3 is 2.60 bits per heavy atom. The first-order chi connectivity index (χ1) is 7.24. The van der Waals surface area contributed by atoms with Crippen molar-refractivity contribution in [2.75, 3.05) is 5.75 Å². The molecule has 0 N–H and O–H groups in total. The van der Waals surface area contributed by atoms with Crippen LogP contribution in [0.4, 0.5) is 0 Å². The smallest absolute Gasteiger partial charge is 0.0767 e. The van der Waals surface area contributed by atoms with Crippen LogP contribution in [0.3, 0.4) is 0 Å². The molecule has 2 nitrogen and oxygen atoms in total. The van der Waals surface area contributed by atoms with Crippen molar-refractivity contribution in [1.29, 1.82) is 0 Å². The fourth-order valence-electron chi connectivity index (χ4n) is 1.47. The molecule has 0 unspecified atom stereocenters. The van der Waals surface area contributed by atoms with E-state index in [0.717, 1.165) is 18.7 Å². The van der Waals surface area contributed by atoms with E-state index in [1.165, 1.54) is 28.0 Å². The lowest BCUT2D eigenvalue weighted by atomic mass is 10.3. The topological polar surface area (TPSA) is 17.8 Å². The van der Waals surface area contributed by atoms with E-state index in [2.05, 4.69) is 46.5 Å². The fourth-order valence-corrected chi connectivity index (χ4v) is 3.28. The SMILES string of the molecule is CCCSCc1c(Br)c(CC)nn1CC. The van der Waals surface area contributed by atoms with E-state index in [0.29, 0.717) is 0 Å². The maximum atomic E-state index is 4.58. The minimum atomic E-state index is 0.959. The molecule has 0 amide bonds. The molecule has 0 aliphatic heterocycles. The molecule has 0 atom stereocenters. The van der Waals surface area contributed by atoms with E-state index in [-0.39, 0.29) is 0 Å². The van der Waals surface area contributed by atoms with Crippen molar-refractivity contribution < 1.29 is 0 Å². The Balaban J connectivity index is 2.78. The Hall–Kier alpha value is 0.0400. The summed E-state index contributed by atoms with van der Waals surface area (Å²) < 4.78 is 3.33. The third-order valence-corrected chi connectivity index (χ3v) is 4.37. The molecule has 0 aliphatic carbocycles. The van der Waals surface area contributed by atoms with E-state index in [1.54, 1.807) is 0 Å². The molecular weight excluding hydrogens is 272 g/mol. The largest absolute Gasteiger partial charge is 0.268 e. The number of thioether (sulfide) groups is 1. The van der Waals surface area contributed by atoms with Crippen LogP contribution < -0.4 is 0 Å². The van der Waals surface area contributed by atoms with Gasteiger partial charge in [-0.25, -0.2) is 0 Å². The van der Waals surface area contributed by atoms with Gasteiger partial charge in [-0.05, 0) is 41.4 Å². The van der Waals surface area contributed by atoms with Crippen molar-refractivity contribution in [3.63, 3.8) is 0 Å². The van der Waals surface area contributed by atoms with Gasteiger partial charge < -0.3 is 0 Å². The number of hydrogen-bond acceptors (Lipinski definition) is 2. The summed E-state index contributed by atoms with van der Waals surface area (Å²) in [5.41, 5.74) is 2.52. The van der Waals surface area contributed by atoms with Gasteiger partial charge in [-0.15, -0.1) is 0 Å². The first-order valence-corrected chi connectivity index (χ1v) is 7.51. The van der Waals surface area contributed by atoms with E-state index in [9.17, 15) is 0 Å². The van der Waals surface area contributed by atoms with Crippen LogP contribution in [0.1, 0.15) is 38.6 Å². The Kier molecular flexibility index (Phi) is 5.75. The zero-order chi connectivity index (χ0) is 11.3. The predicted molar refractivity (Wildman–Crippen MR) is 71.4 cm³/mol. The molecule has 0 spiro atoms. The molecule has 86 valence electrons. The summed E-state index contributed by atoms with van der Waals surface area (Å²) in [6, 6.07) is 0. The Morgan fingerprint density at radius 1 is 1.33 bits per heavy atom. The highest BCUT2D eigenvalue weighted by molar-refractivity contribution is 9.10. The molecule has 4 heteroatoms. The van der Waals surface area contributed by atoms with Gasteiger partial charge in [0, 0.05) is 12.3 Å². The highest BCUT2D eigenvalue weighted by Crippen LogP contribution is 2.26. The summed E-state index contributed by atoms with van der Waals surface area (Å²) in [4.78, 5) is 0. The average Bonchev–Trinajstić information content (AvgIpc) is 2.56. The van der Waals surface area contributed by atoms with E-state index < -0.39 is 0 Å². The number of rotatable bonds is 6. The lowest BCUT2D eigenvalue weighted by molar-refractivity contribution is 0.627. The summed E-state index contributed by atoms with van der Waals surface area (Å²) in [6.07, 6.45) is 2.24. The second-order valence-electron chi connectivity index (χ2n) is 3.43. The third-order valence-electron chi connectivity index (χ3n) is 2.28. The Bertz CT molecular complexity index is 310. The van der Waals surface area contributed by atoms with Crippen molar-refractivity contribution >= 4 is 27.7 Å². The zero-order valence-electron chi connectivity index (χ0n) is 9.72. The summed E-state index contributed by atoms with van der Waals surface area (Å²) in [6.45, 7) is 7.47. The van der Waals surface area contributed by atoms with Gasteiger partial charge in [0.15, 0.2) is 0 Å². The number of nitrogens with zero attached hydrogens (tertiary/aromatic N) is 2. The van der Waals surface area contributed by atoms with Crippen molar-refractivity contribution in [3.05, 3.63) is 15.9 Å². The van der Waals surface area contributed by atoms with Crippen LogP contribution in [0.5, 0.6) is 0 Å². The normalized spacial score (nSPS) is 10.9. The standard InChI is InChI=1S/C11H19BrN2S/c1-4-7-15-8-10-11(12)9(5-2)13-14(10)6-3/h4-8H2,1-3H3. The molecule has 0 fully saturated rings. The van der Waals surface area contributed by atoms with Gasteiger partial charge in [0.25, 0.3) is 0 Å². The van der Waals surface area contributed by atoms with Crippen molar-refractivity contribution in [1.82, 2.24) is 9.78 Å². The van der Waals surface area contributed by atoms with Gasteiger partial charge >= 0.3 is 0 Å². The maximum absolute atomic E-state index is 4.58. The molecule has 0 bridgehead atoms.